The highest BCUT2D eigenvalue weighted by atomic mass is 35.5. The van der Waals surface area contributed by atoms with E-state index in [1.807, 2.05) is 37.1 Å². The van der Waals surface area contributed by atoms with Crippen molar-refractivity contribution < 1.29 is 9.59 Å². The SMILES string of the molecule is CC(=O)N1CCN(c2ccc(-c3c(N4Cc5ccc(Cl)cc5C4)nc4c(C(C)C)c(C(N)=O)nn4c3-c3cn[nH]c3)cc2)CC1. The van der Waals surface area contributed by atoms with Gasteiger partial charge >= 0.3 is 0 Å². The second-order valence-electron chi connectivity index (χ2n) is 12.0. The molecule has 11 nitrogen and oxygen atoms in total. The Hall–Kier alpha value is -4.90. The predicted molar refractivity (Wildman–Crippen MR) is 174 cm³/mol. The molecule has 0 radical (unpaired) electrons. The summed E-state index contributed by atoms with van der Waals surface area (Å²) in [6.07, 6.45) is 3.58. The quantitative estimate of drug-likeness (QED) is 0.277. The normalized spacial score (nSPS) is 14.9. The largest absolute Gasteiger partial charge is 0.368 e. The molecule has 5 heterocycles. The number of fused-ring (bicyclic) bond motifs is 2. The molecule has 7 rings (SSSR count). The molecule has 2 aliphatic heterocycles. The zero-order chi connectivity index (χ0) is 31.4. The van der Waals surface area contributed by atoms with E-state index in [-0.39, 0.29) is 17.5 Å². The number of nitrogens with two attached hydrogens (primary N) is 1. The Morgan fingerprint density at radius 1 is 0.956 bits per heavy atom. The van der Waals surface area contributed by atoms with Gasteiger partial charge in [-0.1, -0.05) is 43.6 Å². The van der Waals surface area contributed by atoms with Crippen LogP contribution in [0.25, 0.3) is 28.0 Å². The van der Waals surface area contributed by atoms with Crippen LogP contribution >= 0.6 is 11.6 Å². The number of rotatable bonds is 6. The number of hydrogen-bond acceptors (Lipinski definition) is 7. The maximum Gasteiger partial charge on any atom is 0.269 e. The van der Waals surface area contributed by atoms with E-state index in [4.69, 9.17) is 27.4 Å². The van der Waals surface area contributed by atoms with Gasteiger partial charge in [-0.2, -0.15) is 10.2 Å². The number of aromatic nitrogens is 5. The van der Waals surface area contributed by atoms with Gasteiger partial charge in [0.15, 0.2) is 11.3 Å². The first-order valence-corrected chi connectivity index (χ1v) is 15.5. The van der Waals surface area contributed by atoms with Crippen LogP contribution in [0.4, 0.5) is 11.5 Å². The zero-order valence-electron chi connectivity index (χ0n) is 25.4. The molecule has 2 aliphatic rings. The van der Waals surface area contributed by atoms with Crippen LogP contribution in [-0.4, -0.2) is 67.7 Å². The number of primary amides is 1. The van der Waals surface area contributed by atoms with Crippen molar-refractivity contribution >= 4 is 40.6 Å². The Bertz CT molecular complexity index is 1920. The molecule has 3 N–H and O–H groups in total. The summed E-state index contributed by atoms with van der Waals surface area (Å²) in [4.78, 5) is 36.2. The van der Waals surface area contributed by atoms with Crippen LogP contribution in [0.5, 0.6) is 0 Å². The lowest BCUT2D eigenvalue weighted by Gasteiger charge is -2.35. The van der Waals surface area contributed by atoms with Gasteiger partial charge in [-0.05, 0) is 46.9 Å². The molecular weight excluding hydrogens is 590 g/mol. The number of nitrogens with zero attached hydrogens (tertiary/aromatic N) is 7. The summed E-state index contributed by atoms with van der Waals surface area (Å²) in [7, 11) is 0. The maximum absolute atomic E-state index is 12.7. The van der Waals surface area contributed by atoms with Crippen LogP contribution in [0.2, 0.25) is 5.02 Å². The van der Waals surface area contributed by atoms with Gasteiger partial charge in [0.05, 0.1) is 17.5 Å². The van der Waals surface area contributed by atoms with Gasteiger partial charge in [0.25, 0.3) is 5.91 Å². The molecule has 2 aromatic carbocycles. The third-order valence-electron chi connectivity index (χ3n) is 8.80. The van der Waals surface area contributed by atoms with Crippen LogP contribution in [0.3, 0.4) is 0 Å². The van der Waals surface area contributed by atoms with E-state index < -0.39 is 5.91 Å². The lowest BCUT2D eigenvalue weighted by molar-refractivity contribution is -0.129. The third kappa shape index (κ3) is 5.06. The molecule has 12 heteroatoms. The lowest BCUT2D eigenvalue weighted by atomic mass is 9.99. The van der Waals surface area contributed by atoms with E-state index >= 15 is 0 Å². The molecule has 1 saturated heterocycles. The number of halogens is 1. The minimum absolute atomic E-state index is 0.0502. The van der Waals surface area contributed by atoms with Crippen molar-refractivity contribution in [1.29, 1.82) is 0 Å². The third-order valence-corrected chi connectivity index (χ3v) is 9.03. The molecule has 0 aliphatic carbocycles. The average Bonchev–Trinajstić information content (AvgIpc) is 3.79. The summed E-state index contributed by atoms with van der Waals surface area (Å²) < 4.78 is 1.74. The molecule has 3 aromatic heterocycles. The Morgan fingerprint density at radius 3 is 2.33 bits per heavy atom. The molecule has 0 atom stereocenters. The number of H-pyrrole nitrogens is 1. The predicted octanol–water partition coefficient (Wildman–Crippen LogP) is 4.85. The number of anilines is 2. The second kappa shape index (κ2) is 11.2. The number of hydrogen-bond donors (Lipinski definition) is 2. The molecule has 0 unspecified atom stereocenters. The fourth-order valence-electron chi connectivity index (χ4n) is 6.54. The topological polar surface area (TPSA) is 129 Å². The molecule has 45 heavy (non-hydrogen) atoms. The number of benzene rings is 2. The van der Waals surface area contributed by atoms with E-state index in [9.17, 15) is 9.59 Å². The van der Waals surface area contributed by atoms with Crippen molar-refractivity contribution in [2.75, 3.05) is 36.0 Å². The Balaban J connectivity index is 1.42. The number of piperazine rings is 1. The number of nitrogens with one attached hydrogen (secondary N) is 1. The first-order chi connectivity index (χ1) is 21.7. The minimum atomic E-state index is -0.595. The number of aromatic amines is 1. The second-order valence-corrected chi connectivity index (χ2v) is 12.4. The van der Waals surface area contributed by atoms with Gasteiger partial charge in [-0.15, -0.1) is 0 Å². The Kier molecular flexibility index (Phi) is 7.20. The molecule has 0 spiro atoms. The van der Waals surface area contributed by atoms with Crippen molar-refractivity contribution in [3.05, 3.63) is 82.3 Å². The molecular formula is C33H34ClN9O2. The van der Waals surface area contributed by atoms with Crippen LogP contribution < -0.4 is 15.5 Å². The first-order valence-electron chi connectivity index (χ1n) is 15.1. The highest BCUT2D eigenvalue weighted by molar-refractivity contribution is 6.30. The monoisotopic (exact) mass is 623 g/mol. The number of carbonyl (C=O) groups is 2. The molecule has 0 bridgehead atoms. The van der Waals surface area contributed by atoms with Crippen LogP contribution in [0.1, 0.15) is 53.9 Å². The Morgan fingerprint density at radius 2 is 1.69 bits per heavy atom. The number of carbonyl (C=O) groups excluding carboxylic acids is 2. The Labute approximate surface area is 265 Å². The summed E-state index contributed by atoms with van der Waals surface area (Å²) in [5.41, 5.74) is 14.2. The smallest absolute Gasteiger partial charge is 0.269 e. The maximum atomic E-state index is 12.7. The average molecular weight is 624 g/mol. The van der Waals surface area contributed by atoms with Gasteiger partial charge in [0, 0.05) is 74.2 Å². The summed E-state index contributed by atoms with van der Waals surface area (Å²) in [6.45, 7) is 9.87. The molecule has 5 aromatic rings. The van der Waals surface area contributed by atoms with E-state index in [1.165, 1.54) is 5.56 Å². The van der Waals surface area contributed by atoms with Crippen LogP contribution in [0, 0.1) is 0 Å². The molecule has 2 amide bonds. The zero-order valence-corrected chi connectivity index (χ0v) is 26.2. The van der Waals surface area contributed by atoms with Crippen molar-refractivity contribution in [2.45, 2.75) is 39.8 Å². The van der Waals surface area contributed by atoms with Crippen LogP contribution in [-0.2, 0) is 17.9 Å². The molecule has 230 valence electrons. The van der Waals surface area contributed by atoms with Crippen LogP contribution in [0.15, 0.2) is 54.9 Å². The fraction of sp³-hybridized carbons (Fsp3) is 0.303. The van der Waals surface area contributed by atoms with Crippen molar-refractivity contribution in [3.63, 3.8) is 0 Å². The molecule has 1 fully saturated rings. The van der Waals surface area contributed by atoms with E-state index in [0.29, 0.717) is 42.4 Å². The summed E-state index contributed by atoms with van der Waals surface area (Å²) in [5, 5.41) is 12.7. The van der Waals surface area contributed by atoms with Gasteiger partial charge in [-0.25, -0.2) is 9.50 Å². The van der Waals surface area contributed by atoms with Gasteiger partial charge < -0.3 is 20.4 Å². The van der Waals surface area contributed by atoms with Crippen molar-refractivity contribution in [3.8, 4) is 22.4 Å². The highest BCUT2D eigenvalue weighted by Gasteiger charge is 2.31. The first kappa shape index (κ1) is 28.8. The minimum Gasteiger partial charge on any atom is -0.368 e. The van der Waals surface area contributed by atoms with Gasteiger partial charge in [0.1, 0.15) is 5.82 Å². The van der Waals surface area contributed by atoms with Gasteiger partial charge in [0.2, 0.25) is 5.91 Å². The standard InChI is InChI=1S/C33H34ClN9O2/c1-19(2)27-29(31(35)45)39-43-30(24-15-36-37-16-24)28(21-5-8-26(9-6-21)41-12-10-40(11-13-41)20(3)44)32(38-33(27)43)42-17-22-4-7-25(34)14-23(22)18-42/h4-9,14-16,19H,10-13,17-18H2,1-3H3,(H2,35,45)(H,36,37). The number of amides is 2. The van der Waals surface area contributed by atoms with E-state index in [2.05, 4.69) is 50.3 Å². The summed E-state index contributed by atoms with van der Waals surface area (Å²) in [5.74, 6) is 0.234. The summed E-state index contributed by atoms with van der Waals surface area (Å²) in [6, 6.07) is 14.4. The van der Waals surface area contributed by atoms with Crippen molar-refractivity contribution in [2.24, 2.45) is 5.73 Å². The lowest BCUT2D eigenvalue weighted by Crippen LogP contribution is -2.48. The van der Waals surface area contributed by atoms with Crippen molar-refractivity contribution in [1.82, 2.24) is 29.7 Å². The fourth-order valence-corrected chi connectivity index (χ4v) is 6.73. The highest BCUT2D eigenvalue weighted by Crippen LogP contribution is 2.43. The summed E-state index contributed by atoms with van der Waals surface area (Å²) >= 11 is 6.38. The van der Waals surface area contributed by atoms with E-state index in [1.54, 1.807) is 17.6 Å². The van der Waals surface area contributed by atoms with Gasteiger partial charge in [-0.3, -0.25) is 14.7 Å². The van der Waals surface area contributed by atoms with E-state index in [0.717, 1.165) is 52.5 Å². The molecule has 0 saturated carbocycles.